The smallest absolute Gasteiger partial charge is 0.119 e. The van der Waals surface area contributed by atoms with Gasteiger partial charge in [0.2, 0.25) is 0 Å². The Morgan fingerprint density at radius 2 is 1.89 bits per heavy atom. The van der Waals surface area contributed by atoms with E-state index in [1.807, 2.05) is 6.92 Å². The molecule has 2 rings (SSSR count). The predicted molar refractivity (Wildman–Crippen MR) is 75.9 cm³/mol. The van der Waals surface area contributed by atoms with Gasteiger partial charge >= 0.3 is 0 Å². The summed E-state index contributed by atoms with van der Waals surface area (Å²) in [6.45, 7) is 6.09. The lowest BCUT2D eigenvalue weighted by atomic mass is 9.86. The van der Waals surface area contributed by atoms with Crippen LogP contribution in [0.1, 0.15) is 45.1 Å². The number of ether oxygens (including phenoxy) is 1. The minimum absolute atomic E-state index is 0.699. The second-order valence-electron chi connectivity index (χ2n) is 5.33. The highest BCUT2D eigenvalue weighted by molar-refractivity contribution is 5.27. The molecule has 18 heavy (non-hydrogen) atoms. The van der Waals surface area contributed by atoms with Crippen molar-refractivity contribution in [1.82, 2.24) is 5.32 Å². The Morgan fingerprint density at radius 1 is 1.17 bits per heavy atom. The molecule has 0 spiro atoms. The van der Waals surface area contributed by atoms with E-state index in [9.17, 15) is 0 Å². The molecule has 0 bridgehead atoms. The normalized spacial score (nSPS) is 23.9. The number of rotatable bonds is 5. The van der Waals surface area contributed by atoms with E-state index in [1.54, 1.807) is 0 Å². The average Bonchev–Trinajstić information content (AvgIpc) is 2.40. The van der Waals surface area contributed by atoms with Gasteiger partial charge in [-0.05, 0) is 43.4 Å². The molecular weight excluding hydrogens is 222 g/mol. The molecule has 1 aliphatic carbocycles. The summed E-state index contributed by atoms with van der Waals surface area (Å²) in [5.41, 5.74) is 1.34. The van der Waals surface area contributed by atoms with Crippen LogP contribution in [0.2, 0.25) is 0 Å². The van der Waals surface area contributed by atoms with Gasteiger partial charge in [-0.1, -0.05) is 31.9 Å². The highest BCUT2D eigenvalue weighted by Crippen LogP contribution is 2.24. The quantitative estimate of drug-likeness (QED) is 0.855. The summed E-state index contributed by atoms with van der Waals surface area (Å²) in [7, 11) is 0. The van der Waals surface area contributed by atoms with E-state index in [0.29, 0.717) is 6.04 Å². The number of benzene rings is 1. The zero-order valence-corrected chi connectivity index (χ0v) is 11.6. The summed E-state index contributed by atoms with van der Waals surface area (Å²) in [6, 6.07) is 9.14. The van der Waals surface area contributed by atoms with Crippen molar-refractivity contribution in [2.45, 2.75) is 52.1 Å². The van der Waals surface area contributed by atoms with Crippen molar-refractivity contribution in [3.63, 3.8) is 0 Å². The standard InChI is InChI=1S/C16H25NO/c1-3-18-15-10-8-14(9-11-15)12-17-16-7-5-4-6-13(16)2/h8-11,13,16-17H,3-7,12H2,1-2H3/t13-,16-/m1/s1. The first-order chi connectivity index (χ1) is 8.79. The van der Waals surface area contributed by atoms with Crippen molar-refractivity contribution >= 4 is 0 Å². The van der Waals surface area contributed by atoms with Crippen molar-refractivity contribution in [2.24, 2.45) is 5.92 Å². The van der Waals surface area contributed by atoms with Crippen LogP contribution in [0.15, 0.2) is 24.3 Å². The molecule has 1 aliphatic rings. The van der Waals surface area contributed by atoms with E-state index in [0.717, 1.165) is 24.8 Å². The number of hydrogen-bond donors (Lipinski definition) is 1. The first-order valence-corrected chi connectivity index (χ1v) is 7.24. The Hall–Kier alpha value is -1.02. The number of hydrogen-bond acceptors (Lipinski definition) is 2. The fraction of sp³-hybridized carbons (Fsp3) is 0.625. The van der Waals surface area contributed by atoms with Crippen LogP contribution in [0.3, 0.4) is 0 Å². The molecule has 1 aromatic rings. The SMILES string of the molecule is CCOc1ccc(CN[C@@H]2CCCC[C@H]2C)cc1. The Kier molecular flexibility index (Phi) is 5.06. The largest absolute Gasteiger partial charge is 0.494 e. The minimum Gasteiger partial charge on any atom is -0.494 e. The summed E-state index contributed by atoms with van der Waals surface area (Å²) >= 11 is 0. The third kappa shape index (κ3) is 3.74. The summed E-state index contributed by atoms with van der Waals surface area (Å²) in [5.74, 6) is 1.79. The second kappa shape index (κ2) is 6.79. The van der Waals surface area contributed by atoms with Crippen LogP contribution in [0.4, 0.5) is 0 Å². The zero-order chi connectivity index (χ0) is 12.8. The highest BCUT2D eigenvalue weighted by atomic mass is 16.5. The van der Waals surface area contributed by atoms with Crippen molar-refractivity contribution in [3.05, 3.63) is 29.8 Å². The zero-order valence-electron chi connectivity index (χ0n) is 11.6. The molecule has 1 saturated carbocycles. The molecule has 1 N–H and O–H groups in total. The summed E-state index contributed by atoms with van der Waals surface area (Å²) in [4.78, 5) is 0. The fourth-order valence-corrected chi connectivity index (χ4v) is 2.74. The summed E-state index contributed by atoms with van der Waals surface area (Å²) in [5, 5.41) is 3.70. The molecule has 1 fully saturated rings. The molecule has 0 radical (unpaired) electrons. The van der Waals surface area contributed by atoms with E-state index >= 15 is 0 Å². The van der Waals surface area contributed by atoms with E-state index in [-0.39, 0.29) is 0 Å². The van der Waals surface area contributed by atoms with Crippen molar-refractivity contribution in [2.75, 3.05) is 6.61 Å². The Balaban J connectivity index is 1.82. The van der Waals surface area contributed by atoms with E-state index in [1.165, 1.54) is 31.2 Å². The number of nitrogens with one attached hydrogen (secondary N) is 1. The molecule has 0 aromatic heterocycles. The van der Waals surface area contributed by atoms with Crippen LogP contribution in [-0.4, -0.2) is 12.6 Å². The first-order valence-electron chi connectivity index (χ1n) is 7.24. The Labute approximate surface area is 111 Å². The predicted octanol–water partition coefficient (Wildman–Crippen LogP) is 3.75. The maximum absolute atomic E-state index is 5.45. The van der Waals surface area contributed by atoms with Gasteiger partial charge in [0, 0.05) is 12.6 Å². The average molecular weight is 247 g/mol. The Bertz CT molecular complexity index is 347. The van der Waals surface area contributed by atoms with Crippen LogP contribution in [-0.2, 0) is 6.54 Å². The maximum Gasteiger partial charge on any atom is 0.119 e. The van der Waals surface area contributed by atoms with Gasteiger partial charge in [0.25, 0.3) is 0 Å². The van der Waals surface area contributed by atoms with Crippen LogP contribution in [0, 0.1) is 5.92 Å². The van der Waals surface area contributed by atoms with Crippen molar-refractivity contribution in [3.8, 4) is 5.75 Å². The maximum atomic E-state index is 5.45. The van der Waals surface area contributed by atoms with Gasteiger partial charge in [-0.3, -0.25) is 0 Å². The molecule has 1 aromatic carbocycles. The minimum atomic E-state index is 0.699. The topological polar surface area (TPSA) is 21.3 Å². The van der Waals surface area contributed by atoms with E-state index in [4.69, 9.17) is 4.74 Å². The lowest BCUT2D eigenvalue weighted by Gasteiger charge is -2.29. The molecule has 0 amide bonds. The van der Waals surface area contributed by atoms with Crippen LogP contribution in [0.5, 0.6) is 5.75 Å². The molecule has 100 valence electrons. The lowest BCUT2D eigenvalue weighted by Crippen LogP contribution is -2.36. The van der Waals surface area contributed by atoms with E-state index in [2.05, 4.69) is 36.5 Å². The molecular formula is C16H25NO. The molecule has 0 heterocycles. The first kappa shape index (κ1) is 13.4. The van der Waals surface area contributed by atoms with Crippen LogP contribution < -0.4 is 10.1 Å². The van der Waals surface area contributed by atoms with E-state index < -0.39 is 0 Å². The molecule has 0 unspecified atom stereocenters. The van der Waals surface area contributed by atoms with Gasteiger partial charge in [-0.2, -0.15) is 0 Å². The van der Waals surface area contributed by atoms with Gasteiger partial charge < -0.3 is 10.1 Å². The third-order valence-corrected chi connectivity index (χ3v) is 3.91. The van der Waals surface area contributed by atoms with Crippen molar-refractivity contribution < 1.29 is 4.74 Å². The van der Waals surface area contributed by atoms with Gasteiger partial charge in [0.05, 0.1) is 6.61 Å². The molecule has 0 saturated heterocycles. The summed E-state index contributed by atoms with van der Waals surface area (Å²) in [6.07, 6.45) is 5.49. The van der Waals surface area contributed by atoms with Gasteiger partial charge in [-0.25, -0.2) is 0 Å². The molecule has 0 aliphatic heterocycles. The van der Waals surface area contributed by atoms with Crippen molar-refractivity contribution in [1.29, 1.82) is 0 Å². The Morgan fingerprint density at radius 3 is 2.56 bits per heavy atom. The van der Waals surface area contributed by atoms with Gasteiger partial charge in [0.1, 0.15) is 5.75 Å². The van der Waals surface area contributed by atoms with Gasteiger partial charge in [0.15, 0.2) is 0 Å². The fourth-order valence-electron chi connectivity index (χ4n) is 2.74. The van der Waals surface area contributed by atoms with Gasteiger partial charge in [-0.15, -0.1) is 0 Å². The second-order valence-corrected chi connectivity index (χ2v) is 5.33. The van der Waals surface area contributed by atoms with Crippen LogP contribution >= 0.6 is 0 Å². The summed E-state index contributed by atoms with van der Waals surface area (Å²) < 4.78 is 5.45. The third-order valence-electron chi connectivity index (χ3n) is 3.91. The molecule has 2 nitrogen and oxygen atoms in total. The monoisotopic (exact) mass is 247 g/mol. The highest BCUT2D eigenvalue weighted by Gasteiger charge is 2.20. The molecule has 2 heteroatoms. The lowest BCUT2D eigenvalue weighted by molar-refractivity contribution is 0.279. The molecule has 2 atom stereocenters. The van der Waals surface area contributed by atoms with Crippen LogP contribution in [0.25, 0.3) is 0 Å².